The average molecular weight is 300 g/mol. The summed E-state index contributed by atoms with van der Waals surface area (Å²) < 4.78 is 11.2. The zero-order valence-electron chi connectivity index (χ0n) is 13.5. The van der Waals surface area contributed by atoms with Crippen LogP contribution in [0.2, 0.25) is 0 Å². The molecule has 22 heavy (non-hydrogen) atoms. The van der Waals surface area contributed by atoms with Gasteiger partial charge in [-0.1, -0.05) is 49.2 Å². The third-order valence-electron chi connectivity index (χ3n) is 3.65. The fraction of sp³-hybridized carbons (Fsp3) is 0.368. The number of hydrogen-bond donors (Lipinski definition) is 1. The Hall–Kier alpha value is -2.00. The molecule has 0 radical (unpaired) electrons. The first kappa shape index (κ1) is 16.4. The topological polar surface area (TPSA) is 38.7 Å². The SMILES string of the molecule is CCCC(O)c1ccc(OC)c(OCc2ccc(C)cc2)c1. The molecule has 0 amide bonds. The molecule has 1 atom stereocenters. The van der Waals surface area contributed by atoms with Crippen LogP contribution in [0.15, 0.2) is 42.5 Å². The molecular formula is C19H24O3. The van der Waals surface area contributed by atoms with Crippen molar-refractivity contribution in [2.24, 2.45) is 0 Å². The van der Waals surface area contributed by atoms with Gasteiger partial charge in [-0.05, 0) is 36.6 Å². The van der Waals surface area contributed by atoms with Crippen molar-refractivity contribution in [3.8, 4) is 11.5 Å². The van der Waals surface area contributed by atoms with E-state index in [-0.39, 0.29) is 0 Å². The smallest absolute Gasteiger partial charge is 0.162 e. The molecule has 2 rings (SSSR count). The van der Waals surface area contributed by atoms with Gasteiger partial charge >= 0.3 is 0 Å². The van der Waals surface area contributed by atoms with Crippen LogP contribution < -0.4 is 9.47 Å². The summed E-state index contributed by atoms with van der Waals surface area (Å²) in [6.07, 6.45) is 1.22. The number of aliphatic hydroxyl groups is 1. The minimum absolute atomic E-state index is 0.461. The van der Waals surface area contributed by atoms with Gasteiger partial charge in [0.15, 0.2) is 11.5 Å². The van der Waals surface area contributed by atoms with E-state index in [9.17, 15) is 5.11 Å². The van der Waals surface area contributed by atoms with Crippen molar-refractivity contribution in [2.45, 2.75) is 39.4 Å². The molecule has 0 fully saturated rings. The molecule has 0 aliphatic rings. The molecule has 0 aromatic heterocycles. The Morgan fingerprint density at radius 1 is 1.05 bits per heavy atom. The van der Waals surface area contributed by atoms with Crippen LogP contribution in [0, 0.1) is 6.92 Å². The normalized spacial score (nSPS) is 12.0. The van der Waals surface area contributed by atoms with Crippen LogP contribution in [-0.4, -0.2) is 12.2 Å². The lowest BCUT2D eigenvalue weighted by Gasteiger charge is -2.15. The maximum Gasteiger partial charge on any atom is 0.162 e. The lowest BCUT2D eigenvalue weighted by molar-refractivity contribution is 0.165. The lowest BCUT2D eigenvalue weighted by atomic mass is 10.0. The monoisotopic (exact) mass is 300 g/mol. The Kier molecular flexibility index (Phi) is 5.84. The summed E-state index contributed by atoms with van der Waals surface area (Å²) in [5.41, 5.74) is 3.19. The summed E-state index contributed by atoms with van der Waals surface area (Å²) in [7, 11) is 1.62. The molecule has 0 spiro atoms. The molecule has 0 saturated carbocycles. The Morgan fingerprint density at radius 3 is 2.41 bits per heavy atom. The van der Waals surface area contributed by atoms with Crippen molar-refractivity contribution in [3.63, 3.8) is 0 Å². The summed E-state index contributed by atoms with van der Waals surface area (Å²) in [6, 6.07) is 13.8. The molecule has 2 aromatic rings. The quantitative estimate of drug-likeness (QED) is 0.823. The predicted molar refractivity (Wildman–Crippen MR) is 88.4 cm³/mol. The molecule has 0 saturated heterocycles. The number of aliphatic hydroxyl groups excluding tert-OH is 1. The van der Waals surface area contributed by atoms with E-state index in [0.717, 1.165) is 24.0 Å². The van der Waals surface area contributed by atoms with Gasteiger partial charge in [0.1, 0.15) is 6.61 Å². The number of ether oxygens (including phenoxy) is 2. The highest BCUT2D eigenvalue weighted by Gasteiger charge is 2.11. The number of benzene rings is 2. The molecule has 118 valence electrons. The van der Waals surface area contributed by atoms with Gasteiger partial charge in [0, 0.05) is 0 Å². The van der Waals surface area contributed by atoms with Gasteiger partial charge in [-0.3, -0.25) is 0 Å². The number of aryl methyl sites for hydroxylation is 1. The number of rotatable bonds is 7. The molecule has 2 aromatic carbocycles. The van der Waals surface area contributed by atoms with Crippen molar-refractivity contribution in [1.29, 1.82) is 0 Å². The highest BCUT2D eigenvalue weighted by Crippen LogP contribution is 2.32. The highest BCUT2D eigenvalue weighted by molar-refractivity contribution is 5.43. The van der Waals surface area contributed by atoms with Crippen molar-refractivity contribution in [1.82, 2.24) is 0 Å². The molecule has 0 heterocycles. The van der Waals surface area contributed by atoms with Crippen LogP contribution in [0.1, 0.15) is 42.6 Å². The van der Waals surface area contributed by atoms with Crippen LogP contribution >= 0.6 is 0 Å². The van der Waals surface area contributed by atoms with Crippen LogP contribution in [0.4, 0.5) is 0 Å². The van der Waals surface area contributed by atoms with Crippen molar-refractivity contribution < 1.29 is 14.6 Å². The first-order valence-corrected chi connectivity index (χ1v) is 7.68. The maximum atomic E-state index is 10.1. The summed E-state index contributed by atoms with van der Waals surface area (Å²) in [5, 5.41) is 10.1. The third kappa shape index (κ3) is 4.25. The van der Waals surface area contributed by atoms with Crippen molar-refractivity contribution in [3.05, 3.63) is 59.2 Å². The fourth-order valence-electron chi connectivity index (χ4n) is 2.30. The second-order valence-corrected chi connectivity index (χ2v) is 5.49. The van der Waals surface area contributed by atoms with E-state index < -0.39 is 6.10 Å². The second kappa shape index (κ2) is 7.85. The highest BCUT2D eigenvalue weighted by atomic mass is 16.5. The van der Waals surface area contributed by atoms with E-state index in [1.54, 1.807) is 7.11 Å². The number of methoxy groups -OCH3 is 1. The Labute approximate surface area is 132 Å². The van der Waals surface area contributed by atoms with E-state index in [2.05, 4.69) is 38.1 Å². The second-order valence-electron chi connectivity index (χ2n) is 5.49. The summed E-state index contributed by atoms with van der Waals surface area (Å²) in [5.74, 6) is 1.34. The largest absolute Gasteiger partial charge is 0.493 e. The molecule has 0 bridgehead atoms. The number of hydrogen-bond acceptors (Lipinski definition) is 3. The molecule has 3 nitrogen and oxygen atoms in total. The van der Waals surface area contributed by atoms with Crippen LogP contribution in [0.3, 0.4) is 0 Å². The van der Waals surface area contributed by atoms with Crippen molar-refractivity contribution in [2.75, 3.05) is 7.11 Å². The molecule has 1 N–H and O–H groups in total. The van der Waals surface area contributed by atoms with E-state index in [1.165, 1.54) is 5.56 Å². The molecule has 0 aliphatic heterocycles. The van der Waals surface area contributed by atoms with E-state index in [4.69, 9.17) is 9.47 Å². The van der Waals surface area contributed by atoms with Gasteiger partial charge in [-0.25, -0.2) is 0 Å². The summed E-state index contributed by atoms with van der Waals surface area (Å²) in [6.45, 7) is 4.60. The third-order valence-corrected chi connectivity index (χ3v) is 3.65. The van der Waals surface area contributed by atoms with E-state index in [0.29, 0.717) is 18.1 Å². The minimum Gasteiger partial charge on any atom is -0.493 e. The predicted octanol–water partition coefficient (Wildman–Crippen LogP) is 4.42. The molecule has 0 aliphatic carbocycles. The zero-order chi connectivity index (χ0) is 15.9. The Balaban J connectivity index is 2.13. The average Bonchev–Trinajstić information content (AvgIpc) is 2.54. The van der Waals surface area contributed by atoms with Crippen LogP contribution in [0.25, 0.3) is 0 Å². The summed E-state index contributed by atoms with van der Waals surface area (Å²) in [4.78, 5) is 0. The zero-order valence-corrected chi connectivity index (χ0v) is 13.5. The summed E-state index contributed by atoms with van der Waals surface area (Å²) >= 11 is 0. The molecule has 1 unspecified atom stereocenters. The molecule has 3 heteroatoms. The van der Waals surface area contributed by atoms with E-state index in [1.807, 2.05) is 18.2 Å². The fourth-order valence-corrected chi connectivity index (χ4v) is 2.30. The van der Waals surface area contributed by atoms with Gasteiger partial charge in [0.25, 0.3) is 0 Å². The lowest BCUT2D eigenvalue weighted by Crippen LogP contribution is -2.01. The first-order valence-electron chi connectivity index (χ1n) is 7.68. The maximum absolute atomic E-state index is 10.1. The molecular weight excluding hydrogens is 276 g/mol. The standard InChI is InChI=1S/C19H24O3/c1-4-5-17(20)16-10-11-18(21-3)19(12-16)22-13-15-8-6-14(2)7-9-15/h6-12,17,20H,4-5,13H2,1-3H3. The minimum atomic E-state index is -0.461. The first-order chi connectivity index (χ1) is 10.6. The van der Waals surface area contributed by atoms with Gasteiger partial charge < -0.3 is 14.6 Å². The Morgan fingerprint density at radius 2 is 1.77 bits per heavy atom. The van der Waals surface area contributed by atoms with Crippen LogP contribution in [0.5, 0.6) is 11.5 Å². The van der Waals surface area contributed by atoms with Crippen molar-refractivity contribution >= 4 is 0 Å². The van der Waals surface area contributed by atoms with Gasteiger partial charge in [-0.15, -0.1) is 0 Å². The van der Waals surface area contributed by atoms with Gasteiger partial charge in [0.05, 0.1) is 13.2 Å². The van der Waals surface area contributed by atoms with Gasteiger partial charge in [-0.2, -0.15) is 0 Å². The van der Waals surface area contributed by atoms with Crippen LogP contribution in [-0.2, 0) is 6.61 Å². The Bertz CT molecular complexity index is 590. The van der Waals surface area contributed by atoms with Gasteiger partial charge in [0.2, 0.25) is 0 Å². The van der Waals surface area contributed by atoms with E-state index >= 15 is 0 Å².